The van der Waals surface area contributed by atoms with Crippen molar-refractivity contribution in [1.29, 1.82) is 0 Å². The molecule has 1 saturated heterocycles. The fourth-order valence-electron chi connectivity index (χ4n) is 5.16. The van der Waals surface area contributed by atoms with E-state index in [0.29, 0.717) is 12.8 Å². The van der Waals surface area contributed by atoms with Crippen LogP contribution in [0.1, 0.15) is 36.3 Å². The van der Waals surface area contributed by atoms with Gasteiger partial charge in [-0.15, -0.1) is 0 Å². The molecule has 0 aromatic heterocycles. The number of carboxylic acids is 1. The lowest BCUT2D eigenvalue weighted by Gasteiger charge is -2.41. The van der Waals surface area contributed by atoms with Crippen LogP contribution < -0.4 is 5.32 Å². The monoisotopic (exact) mass is 484 g/mol. The van der Waals surface area contributed by atoms with Crippen LogP contribution in [0.25, 0.3) is 11.1 Å². The number of alkyl carbamates (subject to hydrolysis) is 1. The maximum Gasteiger partial charge on any atom is 0.407 e. The molecule has 0 bridgehead atoms. The number of halogens is 2. The minimum atomic E-state index is -3.80. The first kappa shape index (κ1) is 23.3. The van der Waals surface area contributed by atoms with Gasteiger partial charge in [0.1, 0.15) is 12.6 Å². The molecule has 1 heterocycles. The smallest absolute Gasteiger partial charge is 0.407 e. The third kappa shape index (κ3) is 4.47. The van der Waals surface area contributed by atoms with Crippen molar-refractivity contribution in [2.24, 2.45) is 11.8 Å². The van der Waals surface area contributed by atoms with Gasteiger partial charge in [0.15, 0.2) is 0 Å². The highest BCUT2D eigenvalue weighted by molar-refractivity contribution is 5.86. The zero-order chi connectivity index (χ0) is 24.7. The van der Waals surface area contributed by atoms with E-state index in [1.54, 1.807) is 0 Å². The zero-order valence-corrected chi connectivity index (χ0v) is 19.0. The van der Waals surface area contributed by atoms with Crippen LogP contribution in [0.2, 0.25) is 0 Å². The molecule has 0 radical (unpaired) electrons. The van der Waals surface area contributed by atoms with Crippen LogP contribution in [-0.2, 0) is 14.3 Å². The van der Waals surface area contributed by atoms with E-state index in [4.69, 9.17) is 9.84 Å². The summed E-state index contributed by atoms with van der Waals surface area (Å²) in [7, 11) is 0. The second kappa shape index (κ2) is 8.94. The first-order chi connectivity index (χ1) is 16.8. The number of hydrogen-bond acceptors (Lipinski definition) is 4. The number of ether oxygens (including phenoxy) is 1. The molecule has 2 aliphatic carbocycles. The van der Waals surface area contributed by atoms with E-state index in [9.17, 15) is 14.4 Å². The van der Waals surface area contributed by atoms with Gasteiger partial charge in [-0.05, 0) is 41.0 Å². The van der Waals surface area contributed by atoms with Crippen LogP contribution in [0.5, 0.6) is 0 Å². The number of hydrogen-bond donors (Lipinski definition) is 2. The van der Waals surface area contributed by atoms with Gasteiger partial charge in [-0.1, -0.05) is 48.5 Å². The van der Waals surface area contributed by atoms with Crippen molar-refractivity contribution < 1.29 is 33.0 Å². The first-order valence-electron chi connectivity index (χ1n) is 11.8. The summed E-state index contributed by atoms with van der Waals surface area (Å²) in [6.07, 6.45) is -0.180. The number of nitrogens with zero attached hydrogens (tertiary/aromatic N) is 1. The first-order valence-corrected chi connectivity index (χ1v) is 11.8. The van der Waals surface area contributed by atoms with Crippen molar-refractivity contribution >= 4 is 18.0 Å². The number of carboxylic acid groups (broad SMARTS) is 1. The van der Waals surface area contributed by atoms with E-state index in [2.05, 4.69) is 5.32 Å². The predicted molar refractivity (Wildman–Crippen MR) is 122 cm³/mol. The Balaban J connectivity index is 1.23. The van der Waals surface area contributed by atoms with Gasteiger partial charge in [-0.25, -0.2) is 4.79 Å². The summed E-state index contributed by atoms with van der Waals surface area (Å²) in [4.78, 5) is 36.9. The van der Waals surface area contributed by atoms with Gasteiger partial charge in [0.2, 0.25) is 0 Å². The maximum atomic E-state index is 15.2. The minimum Gasteiger partial charge on any atom is -0.481 e. The normalized spacial score (nSPS) is 18.3. The highest BCUT2D eigenvalue weighted by Crippen LogP contribution is 2.45. The average molecular weight is 484 g/mol. The van der Waals surface area contributed by atoms with Gasteiger partial charge in [0.05, 0.1) is 6.42 Å². The van der Waals surface area contributed by atoms with Gasteiger partial charge >= 0.3 is 18.0 Å². The molecule has 5 rings (SSSR count). The number of carbonyl (C=O) groups is 3. The number of fused-ring (bicyclic) bond motifs is 3. The molecule has 2 fully saturated rings. The minimum absolute atomic E-state index is 0.0141. The molecule has 0 spiro atoms. The Hall–Kier alpha value is -3.49. The number of amides is 2. The van der Waals surface area contributed by atoms with E-state index in [1.807, 2.05) is 48.5 Å². The number of carbonyl (C=O) groups excluding carboxylic acids is 2. The zero-order valence-electron chi connectivity index (χ0n) is 19.0. The molecule has 7 nitrogen and oxygen atoms in total. The molecular formula is C26H26F2N2O5. The van der Waals surface area contributed by atoms with Crippen LogP contribution in [0.3, 0.4) is 0 Å². The number of nitrogens with one attached hydrogen (secondary N) is 1. The Labute approximate surface area is 201 Å². The van der Waals surface area contributed by atoms with Gasteiger partial charge in [-0.3, -0.25) is 9.59 Å². The topological polar surface area (TPSA) is 95.9 Å². The molecule has 1 aliphatic heterocycles. The van der Waals surface area contributed by atoms with E-state index in [-0.39, 0.29) is 38.0 Å². The second-order valence-corrected chi connectivity index (χ2v) is 9.58. The van der Waals surface area contributed by atoms with Crippen LogP contribution in [0.4, 0.5) is 13.6 Å². The van der Waals surface area contributed by atoms with Crippen molar-refractivity contribution in [3.05, 3.63) is 59.7 Å². The molecule has 2 aromatic rings. The molecule has 1 atom stereocenters. The molecule has 2 aromatic carbocycles. The highest BCUT2D eigenvalue weighted by Gasteiger charge is 2.57. The summed E-state index contributed by atoms with van der Waals surface area (Å²) in [5.41, 5.74) is 4.13. The third-order valence-electron chi connectivity index (χ3n) is 7.09. The predicted octanol–water partition coefficient (Wildman–Crippen LogP) is 3.87. The summed E-state index contributed by atoms with van der Waals surface area (Å²) in [5.74, 6) is -7.26. The molecule has 9 heteroatoms. The quantitative estimate of drug-likeness (QED) is 0.593. The number of aliphatic carboxylic acids is 1. The summed E-state index contributed by atoms with van der Waals surface area (Å²) < 4.78 is 35.7. The SMILES string of the molecule is O=C(O)CC1CN(C(=O)C(F)(F)C(NC(=O)OCC2c3ccccc3-c3ccccc32)C2CC2)C1. The lowest BCUT2D eigenvalue weighted by molar-refractivity contribution is -0.170. The largest absolute Gasteiger partial charge is 0.481 e. The van der Waals surface area contributed by atoms with Crippen molar-refractivity contribution in [2.75, 3.05) is 19.7 Å². The molecule has 1 saturated carbocycles. The molecule has 3 aliphatic rings. The van der Waals surface area contributed by atoms with Gasteiger partial charge in [-0.2, -0.15) is 8.78 Å². The molecular weight excluding hydrogens is 458 g/mol. The number of alkyl halides is 2. The fraction of sp³-hybridized carbons (Fsp3) is 0.423. The van der Waals surface area contributed by atoms with E-state index < -0.39 is 35.9 Å². The van der Waals surface area contributed by atoms with Crippen LogP contribution in [0.15, 0.2) is 48.5 Å². The molecule has 2 N–H and O–H groups in total. The second-order valence-electron chi connectivity index (χ2n) is 9.58. The fourth-order valence-corrected chi connectivity index (χ4v) is 5.16. The van der Waals surface area contributed by atoms with Crippen molar-refractivity contribution in [2.45, 2.75) is 37.1 Å². The van der Waals surface area contributed by atoms with Crippen molar-refractivity contribution in [3.63, 3.8) is 0 Å². The lowest BCUT2D eigenvalue weighted by Crippen LogP contribution is -2.62. The summed E-state index contributed by atoms with van der Waals surface area (Å²) >= 11 is 0. The molecule has 2 amide bonds. The van der Waals surface area contributed by atoms with E-state index in [0.717, 1.165) is 27.2 Å². The Morgan fingerprint density at radius 2 is 1.60 bits per heavy atom. The molecule has 35 heavy (non-hydrogen) atoms. The Kier molecular flexibility index (Phi) is 5.94. The summed E-state index contributed by atoms with van der Waals surface area (Å²) in [6.45, 7) is -0.0636. The average Bonchev–Trinajstić information content (AvgIpc) is 3.60. The van der Waals surface area contributed by atoms with E-state index >= 15 is 8.78 Å². The van der Waals surface area contributed by atoms with Crippen molar-refractivity contribution in [3.8, 4) is 11.1 Å². The Morgan fingerprint density at radius 3 is 2.14 bits per heavy atom. The highest BCUT2D eigenvalue weighted by atomic mass is 19.3. The summed E-state index contributed by atoms with van der Waals surface area (Å²) in [6, 6.07) is 14.0. The van der Waals surface area contributed by atoms with Crippen molar-refractivity contribution in [1.82, 2.24) is 10.2 Å². The Bertz CT molecular complexity index is 1110. The summed E-state index contributed by atoms with van der Waals surface area (Å²) in [5, 5.41) is 11.1. The standard InChI is InChI=1S/C26H26F2N2O5/c27-26(28,24(33)30-12-15(13-30)11-22(31)32)23(16-9-10-16)29-25(34)35-14-21-19-7-3-1-5-17(19)18-6-2-4-8-20(18)21/h1-8,15-16,21,23H,9-14H2,(H,29,34)(H,31,32). The molecule has 1 unspecified atom stereocenters. The Morgan fingerprint density at radius 1 is 1.03 bits per heavy atom. The van der Waals surface area contributed by atoms with E-state index in [1.165, 1.54) is 0 Å². The van der Waals surface area contributed by atoms with Crippen LogP contribution >= 0.6 is 0 Å². The maximum absolute atomic E-state index is 15.2. The van der Waals surface area contributed by atoms with Gasteiger partial charge < -0.3 is 20.1 Å². The number of benzene rings is 2. The number of likely N-dealkylation sites (tertiary alicyclic amines) is 1. The van der Waals surface area contributed by atoms with Gasteiger partial charge in [0, 0.05) is 24.9 Å². The van der Waals surface area contributed by atoms with Crippen LogP contribution in [0, 0.1) is 11.8 Å². The third-order valence-corrected chi connectivity index (χ3v) is 7.09. The van der Waals surface area contributed by atoms with Crippen LogP contribution in [-0.4, -0.2) is 59.6 Å². The molecule has 184 valence electrons. The number of rotatable bonds is 8. The lowest BCUT2D eigenvalue weighted by atomic mass is 9.94. The van der Waals surface area contributed by atoms with Gasteiger partial charge in [0.25, 0.3) is 5.91 Å².